The molecular formula is C22H29N3O3S. The zero-order chi connectivity index (χ0) is 20.9. The van der Waals surface area contributed by atoms with E-state index < -0.39 is 15.3 Å². The highest BCUT2D eigenvalue weighted by molar-refractivity contribution is 7.90. The van der Waals surface area contributed by atoms with Gasteiger partial charge in [0.1, 0.15) is 0 Å². The van der Waals surface area contributed by atoms with Crippen LogP contribution in [0.3, 0.4) is 0 Å². The molecule has 6 nitrogen and oxygen atoms in total. The van der Waals surface area contributed by atoms with Gasteiger partial charge in [-0.1, -0.05) is 18.2 Å². The molecule has 29 heavy (non-hydrogen) atoms. The van der Waals surface area contributed by atoms with E-state index in [1.807, 2.05) is 24.3 Å². The van der Waals surface area contributed by atoms with Crippen LogP contribution >= 0.6 is 0 Å². The lowest BCUT2D eigenvalue weighted by atomic mass is 10.2. The summed E-state index contributed by atoms with van der Waals surface area (Å²) in [5.74, 6) is -0.0593. The lowest BCUT2D eigenvalue weighted by Gasteiger charge is -2.20. The maximum Gasteiger partial charge on any atom is 0.224 e. The summed E-state index contributed by atoms with van der Waals surface area (Å²) in [7, 11) is -3.23. The molecule has 1 aliphatic rings. The van der Waals surface area contributed by atoms with Crippen LogP contribution in [0, 0.1) is 0 Å². The number of sulfonamides is 1. The summed E-state index contributed by atoms with van der Waals surface area (Å²) in [6.45, 7) is 4.61. The monoisotopic (exact) mass is 415 g/mol. The minimum atomic E-state index is -3.23. The molecule has 0 saturated carbocycles. The fourth-order valence-electron chi connectivity index (χ4n) is 3.35. The molecule has 3 rings (SSSR count). The third-order valence-electron chi connectivity index (χ3n) is 5.10. The molecule has 2 aromatic carbocycles. The van der Waals surface area contributed by atoms with E-state index in [1.165, 1.54) is 11.3 Å². The highest BCUT2D eigenvalue weighted by Gasteiger charge is 2.19. The van der Waals surface area contributed by atoms with Crippen molar-refractivity contribution in [1.29, 1.82) is 0 Å². The number of hydrogen-bond acceptors (Lipinski definition) is 4. The molecule has 0 fully saturated rings. The van der Waals surface area contributed by atoms with E-state index >= 15 is 0 Å². The van der Waals surface area contributed by atoms with Crippen LogP contribution in [0.5, 0.6) is 0 Å². The summed E-state index contributed by atoms with van der Waals surface area (Å²) in [6, 6.07) is 16.3. The van der Waals surface area contributed by atoms with E-state index in [9.17, 15) is 13.2 Å². The van der Waals surface area contributed by atoms with E-state index in [1.54, 1.807) is 13.8 Å². The third-order valence-corrected chi connectivity index (χ3v) is 6.95. The molecule has 2 aromatic rings. The summed E-state index contributed by atoms with van der Waals surface area (Å²) in [5, 5.41) is 2.47. The largest absolute Gasteiger partial charge is 0.341 e. The molecule has 0 aliphatic carbocycles. The average Bonchev–Trinajstić information content (AvgIpc) is 3.12. The maximum absolute atomic E-state index is 12.1. The second-order valence-electron chi connectivity index (χ2n) is 7.57. The number of unbranched alkanes of at least 4 members (excludes halogenated alkanes) is 1. The SMILES string of the molecule is CC(C)S(=O)(=O)NCCCCC(=O)Nc1ccc(N2CCc3ccccc32)cc1. The fraction of sp³-hybridized carbons (Fsp3) is 0.409. The molecule has 1 aliphatic heterocycles. The molecule has 0 unspecified atom stereocenters. The topological polar surface area (TPSA) is 78.5 Å². The minimum Gasteiger partial charge on any atom is -0.341 e. The Hall–Kier alpha value is -2.38. The molecule has 1 amide bonds. The van der Waals surface area contributed by atoms with Crippen LogP contribution in [-0.2, 0) is 21.2 Å². The first-order valence-corrected chi connectivity index (χ1v) is 11.7. The van der Waals surface area contributed by atoms with E-state index in [-0.39, 0.29) is 5.91 Å². The summed E-state index contributed by atoms with van der Waals surface area (Å²) < 4.78 is 25.9. The Morgan fingerprint density at radius 2 is 1.79 bits per heavy atom. The number of amides is 1. The van der Waals surface area contributed by atoms with Gasteiger partial charge in [-0.05, 0) is 69.0 Å². The number of nitrogens with one attached hydrogen (secondary N) is 2. The summed E-state index contributed by atoms with van der Waals surface area (Å²) in [5.41, 5.74) is 4.50. The Morgan fingerprint density at radius 3 is 2.52 bits per heavy atom. The molecule has 1 heterocycles. The summed E-state index contributed by atoms with van der Waals surface area (Å²) in [6.07, 6.45) is 2.68. The van der Waals surface area contributed by atoms with Crippen LogP contribution in [0.4, 0.5) is 17.1 Å². The van der Waals surface area contributed by atoms with Crippen LogP contribution in [0.1, 0.15) is 38.7 Å². The van der Waals surface area contributed by atoms with E-state index in [4.69, 9.17) is 0 Å². The molecule has 0 spiro atoms. The number of benzene rings is 2. The van der Waals surface area contributed by atoms with E-state index in [0.717, 1.165) is 24.3 Å². The van der Waals surface area contributed by atoms with Crippen molar-refractivity contribution in [3.8, 4) is 0 Å². The Balaban J connectivity index is 1.44. The van der Waals surface area contributed by atoms with Crippen molar-refractivity contribution in [1.82, 2.24) is 4.72 Å². The molecule has 0 bridgehead atoms. The predicted octanol–water partition coefficient (Wildman–Crippen LogP) is 3.82. The Kier molecular flexibility index (Phi) is 6.92. The van der Waals surface area contributed by atoms with Crippen molar-refractivity contribution in [2.24, 2.45) is 0 Å². The first-order valence-electron chi connectivity index (χ1n) is 10.1. The average molecular weight is 416 g/mol. The molecule has 0 saturated heterocycles. The molecule has 2 N–H and O–H groups in total. The highest BCUT2D eigenvalue weighted by Crippen LogP contribution is 2.34. The van der Waals surface area contributed by atoms with Gasteiger partial charge in [0.15, 0.2) is 0 Å². The zero-order valence-electron chi connectivity index (χ0n) is 17.0. The maximum atomic E-state index is 12.1. The number of carbonyl (C=O) groups excluding carboxylic acids is 1. The van der Waals surface area contributed by atoms with Crippen molar-refractivity contribution < 1.29 is 13.2 Å². The third kappa shape index (κ3) is 5.58. The van der Waals surface area contributed by atoms with Crippen molar-refractivity contribution in [3.63, 3.8) is 0 Å². The van der Waals surface area contributed by atoms with Gasteiger partial charge in [-0.2, -0.15) is 0 Å². The zero-order valence-corrected chi connectivity index (χ0v) is 17.8. The standard InChI is InChI=1S/C22H29N3O3S/c1-17(2)29(27,28)23-15-6-5-9-22(26)24-19-10-12-20(13-11-19)25-16-14-18-7-3-4-8-21(18)25/h3-4,7-8,10-13,17,23H,5-6,9,14-16H2,1-2H3,(H,24,26). The molecule has 0 atom stereocenters. The number of rotatable bonds is 9. The number of fused-ring (bicyclic) bond motifs is 1. The normalized spacial score (nSPS) is 13.6. The van der Waals surface area contributed by atoms with Crippen molar-refractivity contribution in [3.05, 3.63) is 54.1 Å². The van der Waals surface area contributed by atoms with Crippen molar-refractivity contribution >= 4 is 33.0 Å². The molecule has 0 aromatic heterocycles. The second kappa shape index (κ2) is 9.41. The quantitative estimate of drug-likeness (QED) is 0.611. The summed E-state index contributed by atoms with van der Waals surface area (Å²) >= 11 is 0. The van der Waals surface area contributed by atoms with Gasteiger partial charge in [0.2, 0.25) is 15.9 Å². The second-order valence-corrected chi connectivity index (χ2v) is 9.89. The van der Waals surface area contributed by atoms with Gasteiger partial charge in [0.05, 0.1) is 5.25 Å². The van der Waals surface area contributed by atoms with E-state index in [2.05, 4.69) is 39.2 Å². The fourth-order valence-corrected chi connectivity index (χ4v) is 4.11. The number of para-hydroxylation sites is 1. The van der Waals surface area contributed by atoms with Gasteiger partial charge in [0.25, 0.3) is 0 Å². The molecular weight excluding hydrogens is 386 g/mol. The summed E-state index contributed by atoms with van der Waals surface area (Å²) in [4.78, 5) is 14.4. The number of carbonyl (C=O) groups is 1. The highest BCUT2D eigenvalue weighted by atomic mass is 32.2. The van der Waals surface area contributed by atoms with Gasteiger partial charge < -0.3 is 10.2 Å². The van der Waals surface area contributed by atoms with Gasteiger partial charge in [0, 0.05) is 36.6 Å². The van der Waals surface area contributed by atoms with Gasteiger partial charge in [-0.3, -0.25) is 4.79 Å². The molecule has 7 heteroatoms. The first kappa shape index (κ1) is 21.3. The van der Waals surface area contributed by atoms with Crippen LogP contribution in [0.25, 0.3) is 0 Å². The number of anilines is 3. The number of hydrogen-bond donors (Lipinski definition) is 2. The van der Waals surface area contributed by atoms with E-state index in [0.29, 0.717) is 25.8 Å². The first-order chi connectivity index (χ1) is 13.9. The van der Waals surface area contributed by atoms with Gasteiger partial charge >= 0.3 is 0 Å². The lowest BCUT2D eigenvalue weighted by Crippen LogP contribution is -2.31. The van der Waals surface area contributed by atoms with Crippen LogP contribution in [0.15, 0.2) is 48.5 Å². The molecule has 0 radical (unpaired) electrons. The van der Waals surface area contributed by atoms with Crippen molar-refractivity contribution in [2.45, 2.75) is 44.8 Å². The van der Waals surface area contributed by atoms with Crippen LogP contribution in [-0.4, -0.2) is 32.7 Å². The van der Waals surface area contributed by atoms with Crippen LogP contribution < -0.4 is 14.9 Å². The number of nitrogens with zero attached hydrogens (tertiary/aromatic N) is 1. The van der Waals surface area contributed by atoms with Gasteiger partial charge in [-0.25, -0.2) is 13.1 Å². The smallest absolute Gasteiger partial charge is 0.224 e. The van der Waals surface area contributed by atoms with Crippen molar-refractivity contribution in [2.75, 3.05) is 23.3 Å². The Labute approximate surface area is 173 Å². The predicted molar refractivity (Wildman–Crippen MR) is 118 cm³/mol. The van der Waals surface area contributed by atoms with Gasteiger partial charge in [-0.15, -0.1) is 0 Å². The Morgan fingerprint density at radius 1 is 1.07 bits per heavy atom. The lowest BCUT2D eigenvalue weighted by molar-refractivity contribution is -0.116. The van der Waals surface area contributed by atoms with Crippen LogP contribution in [0.2, 0.25) is 0 Å². The Bertz CT molecular complexity index is 940. The molecule has 156 valence electrons. The minimum absolute atomic E-state index is 0.0593.